The molecule has 3 aromatic carbocycles. The minimum Gasteiger partial charge on any atom is -0.497 e. The highest BCUT2D eigenvalue weighted by Gasteiger charge is 2.19. The number of benzene rings is 3. The van der Waals surface area contributed by atoms with Crippen LogP contribution in [0.4, 0.5) is 5.69 Å². The number of carbonyl (C=O) groups excluding carboxylic acids is 1. The van der Waals surface area contributed by atoms with Gasteiger partial charge in [-0.25, -0.2) is 0 Å². The first-order chi connectivity index (χ1) is 12.2. The van der Waals surface area contributed by atoms with Gasteiger partial charge in [-0.15, -0.1) is 0 Å². The molecule has 0 aliphatic carbocycles. The molecule has 0 saturated carbocycles. The molecule has 1 heterocycles. The molecule has 4 nitrogen and oxygen atoms in total. The molecule has 0 spiro atoms. The van der Waals surface area contributed by atoms with Gasteiger partial charge in [-0.2, -0.15) is 0 Å². The number of hydrogen-bond acceptors (Lipinski definition) is 3. The normalized spacial score (nSPS) is 11.0. The van der Waals surface area contributed by atoms with Crippen LogP contribution >= 0.6 is 0 Å². The first kappa shape index (κ1) is 15.3. The smallest absolute Gasteiger partial charge is 0.291 e. The van der Waals surface area contributed by atoms with Gasteiger partial charge in [0, 0.05) is 28.1 Å². The number of methoxy groups -OCH3 is 1. The standard InChI is InChI=1S/C21H17NO3/c1-13-17-11-10-14-6-3-4-9-18(14)20(17)25-19(13)21(23)22-15-7-5-8-16(12-15)24-2/h3-12H,1-2H3,(H,22,23). The van der Waals surface area contributed by atoms with Crippen LogP contribution in [0.15, 0.2) is 65.1 Å². The largest absolute Gasteiger partial charge is 0.497 e. The van der Waals surface area contributed by atoms with E-state index in [9.17, 15) is 4.79 Å². The summed E-state index contributed by atoms with van der Waals surface area (Å²) in [6.07, 6.45) is 0. The van der Waals surface area contributed by atoms with E-state index >= 15 is 0 Å². The third kappa shape index (κ3) is 2.62. The quantitative estimate of drug-likeness (QED) is 0.564. The van der Waals surface area contributed by atoms with Crippen molar-refractivity contribution in [2.75, 3.05) is 12.4 Å². The Morgan fingerprint density at radius 3 is 2.68 bits per heavy atom. The van der Waals surface area contributed by atoms with Gasteiger partial charge in [0.1, 0.15) is 11.3 Å². The lowest BCUT2D eigenvalue weighted by molar-refractivity contribution is 0.0998. The van der Waals surface area contributed by atoms with Gasteiger partial charge in [0.25, 0.3) is 5.91 Å². The molecular formula is C21H17NO3. The number of aryl methyl sites for hydroxylation is 1. The summed E-state index contributed by atoms with van der Waals surface area (Å²) < 4.78 is 11.1. The van der Waals surface area contributed by atoms with Crippen molar-refractivity contribution < 1.29 is 13.9 Å². The second-order valence-electron chi connectivity index (χ2n) is 5.91. The van der Waals surface area contributed by atoms with E-state index in [1.807, 2.05) is 61.5 Å². The summed E-state index contributed by atoms with van der Waals surface area (Å²) in [7, 11) is 1.59. The Morgan fingerprint density at radius 2 is 1.84 bits per heavy atom. The number of amides is 1. The van der Waals surface area contributed by atoms with E-state index in [0.717, 1.165) is 27.3 Å². The Morgan fingerprint density at radius 1 is 1.00 bits per heavy atom. The molecule has 0 fully saturated rings. The summed E-state index contributed by atoms with van der Waals surface area (Å²) >= 11 is 0. The highest BCUT2D eigenvalue weighted by Crippen LogP contribution is 2.32. The molecule has 25 heavy (non-hydrogen) atoms. The van der Waals surface area contributed by atoms with Crippen LogP contribution in [0.25, 0.3) is 21.7 Å². The lowest BCUT2D eigenvalue weighted by Gasteiger charge is -2.05. The van der Waals surface area contributed by atoms with Gasteiger partial charge in [-0.1, -0.05) is 42.5 Å². The van der Waals surface area contributed by atoms with Crippen molar-refractivity contribution in [3.05, 3.63) is 72.0 Å². The van der Waals surface area contributed by atoms with Gasteiger partial charge in [-0.3, -0.25) is 4.79 Å². The third-order valence-corrected chi connectivity index (χ3v) is 4.36. The molecule has 0 saturated heterocycles. The molecule has 0 aliphatic heterocycles. The van der Waals surface area contributed by atoms with E-state index in [-0.39, 0.29) is 5.91 Å². The van der Waals surface area contributed by atoms with Gasteiger partial charge in [0.2, 0.25) is 0 Å². The molecule has 0 atom stereocenters. The lowest BCUT2D eigenvalue weighted by atomic mass is 10.1. The fourth-order valence-electron chi connectivity index (χ4n) is 3.05. The number of fused-ring (bicyclic) bond motifs is 3. The topological polar surface area (TPSA) is 51.5 Å². The van der Waals surface area contributed by atoms with Crippen molar-refractivity contribution in [2.24, 2.45) is 0 Å². The fraction of sp³-hybridized carbons (Fsp3) is 0.0952. The van der Waals surface area contributed by atoms with Crippen LogP contribution in [0.2, 0.25) is 0 Å². The van der Waals surface area contributed by atoms with E-state index in [1.54, 1.807) is 13.2 Å². The van der Waals surface area contributed by atoms with Crippen LogP contribution < -0.4 is 10.1 Å². The second-order valence-corrected chi connectivity index (χ2v) is 5.91. The molecule has 0 aliphatic rings. The second kappa shape index (κ2) is 5.98. The van der Waals surface area contributed by atoms with Crippen molar-refractivity contribution in [1.29, 1.82) is 0 Å². The number of rotatable bonds is 3. The summed E-state index contributed by atoms with van der Waals surface area (Å²) in [5.41, 5.74) is 2.24. The van der Waals surface area contributed by atoms with Crippen LogP contribution in [0.5, 0.6) is 5.75 Å². The maximum atomic E-state index is 12.7. The van der Waals surface area contributed by atoms with E-state index in [4.69, 9.17) is 9.15 Å². The average Bonchev–Trinajstić information content (AvgIpc) is 2.99. The highest BCUT2D eigenvalue weighted by atomic mass is 16.5. The Balaban J connectivity index is 1.76. The Labute approximate surface area is 145 Å². The number of carbonyl (C=O) groups is 1. The predicted octanol–water partition coefficient (Wildman–Crippen LogP) is 5.16. The maximum Gasteiger partial charge on any atom is 0.291 e. The Hall–Kier alpha value is -3.27. The van der Waals surface area contributed by atoms with Crippen molar-refractivity contribution in [3.8, 4) is 5.75 Å². The summed E-state index contributed by atoms with van der Waals surface area (Å²) in [5.74, 6) is 0.741. The summed E-state index contributed by atoms with van der Waals surface area (Å²) in [6, 6.07) is 19.3. The maximum absolute atomic E-state index is 12.7. The third-order valence-electron chi connectivity index (χ3n) is 4.36. The van der Waals surface area contributed by atoms with Gasteiger partial charge in [0.05, 0.1) is 7.11 Å². The van der Waals surface area contributed by atoms with Crippen LogP contribution in [0, 0.1) is 6.92 Å². The molecule has 0 bridgehead atoms. The first-order valence-corrected chi connectivity index (χ1v) is 8.03. The molecule has 1 amide bonds. The molecule has 0 unspecified atom stereocenters. The number of anilines is 1. The zero-order chi connectivity index (χ0) is 17.4. The zero-order valence-corrected chi connectivity index (χ0v) is 14.0. The minimum absolute atomic E-state index is 0.272. The average molecular weight is 331 g/mol. The number of ether oxygens (including phenoxy) is 1. The molecule has 1 N–H and O–H groups in total. The summed E-state index contributed by atoms with van der Waals surface area (Å²) in [6.45, 7) is 1.90. The summed E-state index contributed by atoms with van der Waals surface area (Å²) in [5, 5.41) is 5.91. The van der Waals surface area contributed by atoms with Crippen LogP contribution in [-0.2, 0) is 0 Å². The van der Waals surface area contributed by atoms with Crippen molar-refractivity contribution in [1.82, 2.24) is 0 Å². The SMILES string of the molecule is COc1cccc(NC(=O)c2oc3c(ccc4ccccc43)c2C)c1. The van der Waals surface area contributed by atoms with Crippen LogP contribution in [0.1, 0.15) is 16.1 Å². The monoisotopic (exact) mass is 331 g/mol. The number of furan rings is 1. The van der Waals surface area contributed by atoms with Crippen LogP contribution in [0.3, 0.4) is 0 Å². The molecule has 0 radical (unpaired) electrons. The van der Waals surface area contributed by atoms with E-state index in [1.165, 1.54) is 0 Å². The highest BCUT2D eigenvalue weighted by molar-refractivity contribution is 6.11. The van der Waals surface area contributed by atoms with Gasteiger partial charge < -0.3 is 14.5 Å². The number of hydrogen-bond donors (Lipinski definition) is 1. The molecule has 124 valence electrons. The molecule has 4 aromatic rings. The van der Waals surface area contributed by atoms with Crippen molar-refractivity contribution in [2.45, 2.75) is 6.92 Å². The van der Waals surface area contributed by atoms with Crippen molar-refractivity contribution >= 4 is 33.3 Å². The van der Waals surface area contributed by atoms with E-state index in [2.05, 4.69) is 5.32 Å². The fourth-order valence-corrected chi connectivity index (χ4v) is 3.05. The first-order valence-electron chi connectivity index (χ1n) is 8.03. The van der Waals surface area contributed by atoms with Crippen LogP contribution in [-0.4, -0.2) is 13.0 Å². The molecule has 4 rings (SSSR count). The Kier molecular flexibility index (Phi) is 3.65. The van der Waals surface area contributed by atoms with Gasteiger partial charge >= 0.3 is 0 Å². The minimum atomic E-state index is -0.272. The number of nitrogens with one attached hydrogen (secondary N) is 1. The predicted molar refractivity (Wildman–Crippen MR) is 99.4 cm³/mol. The van der Waals surface area contributed by atoms with Gasteiger partial charge in [0.15, 0.2) is 5.76 Å². The Bertz CT molecular complexity index is 1090. The molecule has 1 aromatic heterocycles. The zero-order valence-electron chi connectivity index (χ0n) is 14.0. The van der Waals surface area contributed by atoms with E-state index in [0.29, 0.717) is 17.2 Å². The lowest BCUT2D eigenvalue weighted by Crippen LogP contribution is -2.12. The van der Waals surface area contributed by atoms with Crippen molar-refractivity contribution in [3.63, 3.8) is 0 Å². The summed E-state index contributed by atoms with van der Waals surface area (Å²) in [4.78, 5) is 12.7. The van der Waals surface area contributed by atoms with Gasteiger partial charge in [-0.05, 0) is 24.4 Å². The molecular weight excluding hydrogens is 314 g/mol. The molecule has 4 heteroatoms. The van der Waals surface area contributed by atoms with E-state index < -0.39 is 0 Å².